The van der Waals surface area contributed by atoms with Gasteiger partial charge < -0.3 is 15.0 Å². The molecule has 1 atom stereocenters. The largest absolute Gasteiger partial charge is 0.480 e. The molecular formula is C23H28N2O3. The molecule has 2 aromatic rings. The molecule has 1 aliphatic heterocycles. The van der Waals surface area contributed by atoms with E-state index in [0.29, 0.717) is 11.3 Å². The lowest BCUT2D eigenvalue weighted by Gasteiger charge is -2.27. The highest BCUT2D eigenvalue weighted by Crippen LogP contribution is 2.25. The van der Waals surface area contributed by atoms with Gasteiger partial charge in [0, 0.05) is 13.1 Å². The van der Waals surface area contributed by atoms with E-state index in [4.69, 9.17) is 4.74 Å². The number of amides is 2. The SMILES string of the molecule is Cc1cccc(C)c1O[C@H](C)C(=O)Nc1ccccc1C(=O)N1CCCCC1. The average Bonchev–Trinajstić information content (AvgIpc) is 2.71. The summed E-state index contributed by atoms with van der Waals surface area (Å²) in [4.78, 5) is 27.5. The number of carbonyl (C=O) groups excluding carboxylic acids is 2. The quantitative estimate of drug-likeness (QED) is 0.840. The number of aryl methyl sites for hydroxylation is 2. The van der Waals surface area contributed by atoms with Crippen molar-refractivity contribution in [2.75, 3.05) is 18.4 Å². The van der Waals surface area contributed by atoms with Crippen LogP contribution in [0.3, 0.4) is 0 Å². The molecule has 0 saturated carbocycles. The van der Waals surface area contributed by atoms with Gasteiger partial charge in [-0.2, -0.15) is 0 Å². The standard InChI is InChI=1S/C23H28N2O3/c1-16-10-9-11-17(2)21(16)28-18(3)22(26)24-20-13-6-5-12-19(20)23(27)25-14-7-4-8-15-25/h5-6,9-13,18H,4,7-8,14-15H2,1-3H3,(H,24,26)/t18-/m1/s1. The monoisotopic (exact) mass is 380 g/mol. The van der Waals surface area contributed by atoms with E-state index >= 15 is 0 Å². The smallest absolute Gasteiger partial charge is 0.265 e. The van der Waals surface area contributed by atoms with Crippen LogP contribution in [0.25, 0.3) is 0 Å². The van der Waals surface area contributed by atoms with Crippen molar-refractivity contribution < 1.29 is 14.3 Å². The number of para-hydroxylation sites is 2. The van der Waals surface area contributed by atoms with Crippen molar-refractivity contribution in [1.82, 2.24) is 4.90 Å². The number of piperidine rings is 1. The number of ether oxygens (including phenoxy) is 1. The zero-order valence-corrected chi connectivity index (χ0v) is 16.8. The third-order valence-corrected chi connectivity index (χ3v) is 5.13. The predicted octanol–water partition coefficient (Wildman–Crippen LogP) is 4.34. The number of nitrogens with one attached hydrogen (secondary N) is 1. The predicted molar refractivity (Wildman–Crippen MR) is 111 cm³/mol. The van der Waals surface area contributed by atoms with Gasteiger partial charge in [0.15, 0.2) is 6.10 Å². The van der Waals surface area contributed by atoms with E-state index in [1.54, 1.807) is 19.1 Å². The van der Waals surface area contributed by atoms with E-state index in [-0.39, 0.29) is 11.8 Å². The summed E-state index contributed by atoms with van der Waals surface area (Å²) >= 11 is 0. The Hall–Kier alpha value is -2.82. The first-order valence-corrected chi connectivity index (χ1v) is 9.89. The van der Waals surface area contributed by atoms with E-state index in [9.17, 15) is 9.59 Å². The van der Waals surface area contributed by atoms with Crippen molar-refractivity contribution >= 4 is 17.5 Å². The van der Waals surface area contributed by atoms with Gasteiger partial charge in [-0.15, -0.1) is 0 Å². The first-order valence-electron chi connectivity index (χ1n) is 9.89. The minimum atomic E-state index is -0.682. The second kappa shape index (κ2) is 8.91. The third kappa shape index (κ3) is 4.53. The summed E-state index contributed by atoms with van der Waals surface area (Å²) in [5.74, 6) is 0.420. The summed E-state index contributed by atoms with van der Waals surface area (Å²) in [5.41, 5.74) is 3.03. The lowest BCUT2D eigenvalue weighted by molar-refractivity contribution is -0.122. The van der Waals surface area contributed by atoms with Gasteiger partial charge in [0.25, 0.3) is 11.8 Å². The van der Waals surface area contributed by atoms with Crippen LogP contribution < -0.4 is 10.1 Å². The molecule has 28 heavy (non-hydrogen) atoms. The van der Waals surface area contributed by atoms with Crippen molar-refractivity contribution in [2.24, 2.45) is 0 Å². The third-order valence-electron chi connectivity index (χ3n) is 5.13. The van der Waals surface area contributed by atoms with Crippen molar-refractivity contribution in [2.45, 2.75) is 46.1 Å². The molecule has 0 aliphatic carbocycles. The highest BCUT2D eigenvalue weighted by molar-refractivity contribution is 6.04. The first kappa shape index (κ1) is 19.9. The number of nitrogens with zero attached hydrogens (tertiary/aromatic N) is 1. The molecular weight excluding hydrogens is 352 g/mol. The first-order chi connectivity index (χ1) is 13.5. The van der Waals surface area contributed by atoms with Crippen molar-refractivity contribution in [1.29, 1.82) is 0 Å². The van der Waals surface area contributed by atoms with Gasteiger partial charge in [0.1, 0.15) is 5.75 Å². The average molecular weight is 380 g/mol. The molecule has 1 fully saturated rings. The molecule has 148 valence electrons. The summed E-state index contributed by atoms with van der Waals surface area (Å²) in [6, 6.07) is 13.1. The summed E-state index contributed by atoms with van der Waals surface area (Å²) in [5, 5.41) is 2.88. The Bertz CT molecular complexity index is 836. The van der Waals surface area contributed by atoms with Gasteiger partial charge in [-0.05, 0) is 63.3 Å². The van der Waals surface area contributed by atoms with Crippen LogP contribution in [-0.2, 0) is 4.79 Å². The molecule has 1 saturated heterocycles. The maximum Gasteiger partial charge on any atom is 0.265 e. The fourth-order valence-corrected chi connectivity index (χ4v) is 3.50. The van der Waals surface area contributed by atoms with Crippen LogP contribution in [0.1, 0.15) is 47.7 Å². The second-order valence-corrected chi connectivity index (χ2v) is 7.37. The van der Waals surface area contributed by atoms with Crippen molar-refractivity contribution in [3.8, 4) is 5.75 Å². The minimum Gasteiger partial charge on any atom is -0.480 e. The Kier molecular flexibility index (Phi) is 6.34. The Morgan fingerprint density at radius 3 is 2.29 bits per heavy atom. The number of likely N-dealkylation sites (tertiary alicyclic amines) is 1. The van der Waals surface area contributed by atoms with E-state index in [1.807, 2.05) is 49.1 Å². The normalized spacial score (nSPS) is 15.0. The van der Waals surface area contributed by atoms with E-state index < -0.39 is 6.10 Å². The molecule has 0 radical (unpaired) electrons. The Morgan fingerprint density at radius 2 is 1.61 bits per heavy atom. The number of hydrogen-bond acceptors (Lipinski definition) is 3. The molecule has 2 aromatic carbocycles. The van der Waals surface area contributed by atoms with Gasteiger partial charge in [0.2, 0.25) is 0 Å². The summed E-state index contributed by atoms with van der Waals surface area (Å²) < 4.78 is 5.92. The Morgan fingerprint density at radius 1 is 0.964 bits per heavy atom. The minimum absolute atomic E-state index is 0.0288. The summed E-state index contributed by atoms with van der Waals surface area (Å²) in [6.07, 6.45) is 2.54. The van der Waals surface area contributed by atoms with E-state index in [0.717, 1.165) is 49.2 Å². The molecule has 5 nitrogen and oxygen atoms in total. The topological polar surface area (TPSA) is 58.6 Å². The number of anilines is 1. The molecule has 1 N–H and O–H groups in total. The zero-order valence-electron chi connectivity index (χ0n) is 16.8. The van der Waals surface area contributed by atoms with Crippen molar-refractivity contribution in [3.05, 3.63) is 59.2 Å². The summed E-state index contributed by atoms with van der Waals surface area (Å²) in [6.45, 7) is 7.18. The van der Waals surface area contributed by atoms with Crippen LogP contribution in [0, 0.1) is 13.8 Å². The Labute approximate surface area is 166 Å². The number of carbonyl (C=O) groups is 2. The Balaban J connectivity index is 1.72. The fraction of sp³-hybridized carbons (Fsp3) is 0.391. The van der Waals surface area contributed by atoms with Crippen LogP contribution in [0.4, 0.5) is 5.69 Å². The zero-order chi connectivity index (χ0) is 20.1. The van der Waals surface area contributed by atoms with Crippen LogP contribution in [0.2, 0.25) is 0 Å². The van der Waals surface area contributed by atoms with Gasteiger partial charge >= 0.3 is 0 Å². The second-order valence-electron chi connectivity index (χ2n) is 7.37. The van der Waals surface area contributed by atoms with Crippen LogP contribution in [-0.4, -0.2) is 35.9 Å². The fourth-order valence-electron chi connectivity index (χ4n) is 3.50. The number of benzene rings is 2. The number of rotatable bonds is 5. The molecule has 5 heteroatoms. The maximum absolute atomic E-state index is 12.9. The molecule has 3 rings (SSSR count). The summed E-state index contributed by atoms with van der Waals surface area (Å²) in [7, 11) is 0. The van der Waals surface area contributed by atoms with Crippen LogP contribution in [0.15, 0.2) is 42.5 Å². The van der Waals surface area contributed by atoms with Crippen LogP contribution >= 0.6 is 0 Å². The molecule has 0 bridgehead atoms. The molecule has 2 amide bonds. The van der Waals surface area contributed by atoms with E-state index in [1.165, 1.54) is 0 Å². The maximum atomic E-state index is 12.9. The lowest BCUT2D eigenvalue weighted by Crippen LogP contribution is -2.36. The lowest BCUT2D eigenvalue weighted by atomic mass is 10.1. The number of hydrogen-bond donors (Lipinski definition) is 1. The highest BCUT2D eigenvalue weighted by atomic mass is 16.5. The molecule has 0 spiro atoms. The molecule has 1 aliphatic rings. The molecule has 0 unspecified atom stereocenters. The van der Waals surface area contributed by atoms with Gasteiger partial charge in [-0.3, -0.25) is 9.59 Å². The van der Waals surface area contributed by atoms with Gasteiger partial charge in [-0.1, -0.05) is 30.3 Å². The van der Waals surface area contributed by atoms with E-state index in [2.05, 4.69) is 5.32 Å². The van der Waals surface area contributed by atoms with Crippen LogP contribution in [0.5, 0.6) is 5.75 Å². The molecule has 1 heterocycles. The highest BCUT2D eigenvalue weighted by Gasteiger charge is 2.23. The van der Waals surface area contributed by atoms with Gasteiger partial charge in [0.05, 0.1) is 11.3 Å². The van der Waals surface area contributed by atoms with Gasteiger partial charge in [-0.25, -0.2) is 0 Å². The van der Waals surface area contributed by atoms with Crippen molar-refractivity contribution in [3.63, 3.8) is 0 Å². The molecule has 0 aromatic heterocycles.